The predicted molar refractivity (Wildman–Crippen MR) is 116 cm³/mol. The Balaban J connectivity index is 1.30. The number of nitrogens with one attached hydrogen (secondary N) is 1. The van der Waals surface area contributed by atoms with Crippen molar-refractivity contribution in [1.29, 1.82) is 0 Å². The molecule has 1 saturated carbocycles. The molecule has 1 atom stereocenters. The number of imidazole rings is 1. The fraction of sp³-hybridized carbons (Fsp3) is 0.478. The highest BCUT2D eigenvalue weighted by Gasteiger charge is 2.29. The molecular formula is C23H27FN6O. The normalized spacial score (nSPS) is 20.2. The van der Waals surface area contributed by atoms with Gasteiger partial charge in [0.25, 0.3) is 0 Å². The molecule has 0 radical (unpaired) electrons. The molecule has 5 rings (SSSR count). The van der Waals surface area contributed by atoms with Gasteiger partial charge in [-0.1, -0.05) is 19.3 Å². The summed E-state index contributed by atoms with van der Waals surface area (Å²) in [6.45, 7) is 1.55. The van der Waals surface area contributed by atoms with E-state index in [-0.39, 0.29) is 17.8 Å². The van der Waals surface area contributed by atoms with Crippen molar-refractivity contribution in [3.8, 4) is 11.5 Å². The van der Waals surface area contributed by atoms with Crippen molar-refractivity contribution in [2.45, 2.75) is 51.0 Å². The van der Waals surface area contributed by atoms with Crippen LogP contribution in [-0.2, 0) is 4.79 Å². The summed E-state index contributed by atoms with van der Waals surface area (Å²) < 4.78 is 15.4. The van der Waals surface area contributed by atoms with Crippen LogP contribution in [0.4, 0.5) is 10.2 Å². The first-order valence-electron chi connectivity index (χ1n) is 11.2. The number of fused-ring (bicyclic) bond motifs is 1. The summed E-state index contributed by atoms with van der Waals surface area (Å²) in [5.74, 6) is 1.37. The third-order valence-electron chi connectivity index (χ3n) is 6.39. The van der Waals surface area contributed by atoms with Gasteiger partial charge in [0.15, 0.2) is 5.82 Å². The molecule has 4 heterocycles. The van der Waals surface area contributed by atoms with Gasteiger partial charge >= 0.3 is 0 Å². The van der Waals surface area contributed by atoms with Crippen LogP contribution in [0.3, 0.4) is 0 Å². The minimum absolute atomic E-state index is 0.156. The van der Waals surface area contributed by atoms with Crippen LogP contribution in [0.25, 0.3) is 17.2 Å². The van der Waals surface area contributed by atoms with Gasteiger partial charge in [-0.15, -0.1) is 0 Å². The number of aromatic nitrogens is 4. The highest BCUT2D eigenvalue weighted by molar-refractivity contribution is 5.79. The second-order valence-corrected chi connectivity index (χ2v) is 8.59. The van der Waals surface area contributed by atoms with Gasteiger partial charge in [-0.3, -0.25) is 9.20 Å². The Morgan fingerprint density at radius 3 is 2.81 bits per heavy atom. The quantitative estimate of drug-likeness (QED) is 0.690. The van der Waals surface area contributed by atoms with Crippen LogP contribution in [-0.4, -0.2) is 49.3 Å². The van der Waals surface area contributed by atoms with Gasteiger partial charge in [0, 0.05) is 37.4 Å². The average Bonchev–Trinajstić information content (AvgIpc) is 3.22. The molecule has 1 aliphatic carbocycles. The molecule has 1 saturated heterocycles. The highest BCUT2D eigenvalue weighted by atomic mass is 19.1. The van der Waals surface area contributed by atoms with E-state index in [1.165, 1.54) is 31.5 Å². The minimum Gasteiger partial charge on any atom is -0.365 e. The smallest absolute Gasteiger partial charge is 0.225 e. The largest absolute Gasteiger partial charge is 0.365 e. The van der Waals surface area contributed by atoms with Crippen molar-refractivity contribution in [1.82, 2.24) is 24.3 Å². The third kappa shape index (κ3) is 4.24. The maximum absolute atomic E-state index is 13.7. The molecule has 0 spiro atoms. The molecule has 1 amide bonds. The van der Waals surface area contributed by atoms with E-state index in [2.05, 4.69) is 20.3 Å². The molecule has 8 heteroatoms. The maximum Gasteiger partial charge on any atom is 0.225 e. The van der Waals surface area contributed by atoms with Crippen molar-refractivity contribution < 1.29 is 9.18 Å². The number of amides is 1. The first-order valence-corrected chi connectivity index (χ1v) is 11.2. The zero-order valence-electron chi connectivity index (χ0n) is 17.5. The van der Waals surface area contributed by atoms with E-state index in [4.69, 9.17) is 0 Å². The van der Waals surface area contributed by atoms with E-state index >= 15 is 0 Å². The monoisotopic (exact) mass is 422 g/mol. The number of nitrogens with zero attached hydrogens (tertiary/aromatic N) is 5. The number of halogens is 1. The van der Waals surface area contributed by atoms with Gasteiger partial charge in [-0.25, -0.2) is 19.3 Å². The Morgan fingerprint density at radius 2 is 1.94 bits per heavy atom. The number of carbonyl (C=O) groups excluding carboxylic acids is 1. The number of hydrogen-bond donors (Lipinski definition) is 1. The van der Waals surface area contributed by atoms with Crippen LogP contribution in [0.1, 0.15) is 44.9 Å². The van der Waals surface area contributed by atoms with E-state index < -0.39 is 0 Å². The maximum atomic E-state index is 13.7. The Bertz CT molecular complexity index is 1080. The van der Waals surface area contributed by atoms with Gasteiger partial charge < -0.3 is 10.2 Å². The summed E-state index contributed by atoms with van der Waals surface area (Å²) in [5.41, 5.74) is 1.28. The second kappa shape index (κ2) is 8.61. The van der Waals surface area contributed by atoms with E-state index in [1.807, 2.05) is 11.0 Å². The van der Waals surface area contributed by atoms with Crippen LogP contribution >= 0.6 is 0 Å². The van der Waals surface area contributed by atoms with E-state index in [0.29, 0.717) is 35.4 Å². The molecule has 3 aromatic heterocycles. The molecule has 162 valence electrons. The summed E-state index contributed by atoms with van der Waals surface area (Å²) in [7, 11) is 0. The molecule has 7 nitrogen and oxygen atoms in total. The molecule has 2 fully saturated rings. The number of carbonyl (C=O) groups is 1. The lowest BCUT2D eigenvalue weighted by Gasteiger charge is -2.36. The Hall–Kier alpha value is -3.03. The molecule has 1 aliphatic heterocycles. The number of rotatable bonds is 4. The zero-order valence-corrected chi connectivity index (χ0v) is 17.5. The van der Waals surface area contributed by atoms with Gasteiger partial charge in [-0.2, -0.15) is 0 Å². The lowest BCUT2D eigenvalue weighted by Crippen LogP contribution is -2.47. The van der Waals surface area contributed by atoms with Crippen molar-refractivity contribution >= 4 is 17.4 Å². The fourth-order valence-electron chi connectivity index (χ4n) is 4.79. The van der Waals surface area contributed by atoms with E-state index in [0.717, 1.165) is 32.2 Å². The minimum atomic E-state index is -0.342. The van der Waals surface area contributed by atoms with E-state index in [1.54, 1.807) is 22.9 Å². The average molecular weight is 423 g/mol. The Labute approximate surface area is 180 Å². The first kappa shape index (κ1) is 19.9. The van der Waals surface area contributed by atoms with Gasteiger partial charge in [0.2, 0.25) is 5.91 Å². The van der Waals surface area contributed by atoms with Gasteiger partial charge in [0.1, 0.15) is 23.0 Å². The van der Waals surface area contributed by atoms with Gasteiger partial charge in [0.05, 0.1) is 6.20 Å². The predicted octanol–water partition coefficient (Wildman–Crippen LogP) is 3.91. The number of piperidine rings is 1. The summed E-state index contributed by atoms with van der Waals surface area (Å²) in [5, 5.41) is 3.48. The fourth-order valence-corrected chi connectivity index (χ4v) is 4.79. The Morgan fingerprint density at radius 1 is 1.06 bits per heavy atom. The van der Waals surface area contributed by atoms with Crippen LogP contribution in [0.15, 0.2) is 36.8 Å². The van der Waals surface area contributed by atoms with Crippen LogP contribution in [0, 0.1) is 11.7 Å². The van der Waals surface area contributed by atoms with Crippen molar-refractivity contribution in [2.75, 3.05) is 18.4 Å². The van der Waals surface area contributed by atoms with Crippen LogP contribution in [0.5, 0.6) is 0 Å². The summed E-state index contributed by atoms with van der Waals surface area (Å²) >= 11 is 0. The Kier molecular flexibility index (Phi) is 5.53. The SMILES string of the molecule is O=C(C1CCCCC1)N1CCC[C@@H](Nc2ccnc(-c3cnc4ccc(F)cn34)n2)C1. The third-order valence-corrected chi connectivity index (χ3v) is 6.39. The molecule has 1 N–H and O–H groups in total. The standard InChI is InChI=1S/C23H27FN6O/c24-17-8-9-21-26-13-19(30(21)14-17)22-25-11-10-20(28-22)27-18-7-4-12-29(15-18)23(31)16-5-2-1-3-6-16/h8-11,13-14,16,18H,1-7,12,15H2,(H,25,27,28)/t18-/m1/s1. The summed E-state index contributed by atoms with van der Waals surface area (Å²) in [4.78, 5) is 28.3. The molecule has 0 bridgehead atoms. The number of hydrogen-bond acceptors (Lipinski definition) is 5. The van der Waals surface area contributed by atoms with Crippen molar-refractivity contribution in [3.05, 3.63) is 42.6 Å². The molecular weight excluding hydrogens is 395 g/mol. The van der Waals surface area contributed by atoms with Gasteiger partial charge in [-0.05, 0) is 43.9 Å². The second-order valence-electron chi connectivity index (χ2n) is 8.59. The molecule has 0 unspecified atom stereocenters. The number of likely N-dealkylation sites (tertiary alicyclic amines) is 1. The van der Waals surface area contributed by atoms with Crippen molar-refractivity contribution in [2.24, 2.45) is 5.92 Å². The van der Waals surface area contributed by atoms with E-state index in [9.17, 15) is 9.18 Å². The summed E-state index contributed by atoms with van der Waals surface area (Å²) in [6, 6.07) is 4.99. The molecule has 31 heavy (non-hydrogen) atoms. The van der Waals surface area contributed by atoms with Crippen molar-refractivity contribution in [3.63, 3.8) is 0 Å². The molecule has 3 aromatic rings. The van der Waals surface area contributed by atoms with Crippen LogP contribution in [0.2, 0.25) is 0 Å². The number of pyridine rings is 1. The highest BCUT2D eigenvalue weighted by Crippen LogP contribution is 2.27. The van der Waals surface area contributed by atoms with Crippen LogP contribution < -0.4 is 5.32 Å². The summed E-state index contributed by atoms with van der Waals surface area (Å²) in [6.07, 6.45) is 12.4. The lowest BCUT2D eigenvalue weighted by atomic mass is 9.87. The number of anilines is 1. The first-order chi connectivity index (χ1) is 15.2. The molecule has 2 aliphatic rings. The lowest BCUT2D eigenvalue weighted by molar-refractivity contribution is -0.137. The topological polar surface area (TPSA) is 75.4 Å². The zero-order chi connectivity index (χ0) is 21.2. The molecule has 0 aromatic carbocycles.